The predicted molar refractivity (Wildman–Crippen MR) is 176 cm³/mol. The molecule has 5 aromatic carbocycles. The molecule has 43 heavy (non-hydrogen) atoms. The first kappa shape index (κ1) is 29.6. The zero-order chi connectivity index (χ0) is 30.2. The van der Waals surface area contributed by atoms with Gasteiger partial charge in [-0.05, 0) is 78.5 Å². The molecule has 3 N–H and O–H groups in total. The minimum absolute atomic E-state index is 0.0632. The first-order chi connectivity index (χ1) is 20.9. The number of halogens is 1. The van der Waals surface area contributed by atoms with E-state index in [1.807, 2.05) is 67.6 Å². The second kappa shape index (κ2) is 13.9. The zero-order valence-electron chi connectivity index (χ0n) is 23.2. The van der Waals surface area contributed by atoms with Gasteiger partial charge >= 0.3 is 0 Å². The Labute approximate surface area is 259 Å². The predicted octanol–water partition coefficient (Wildman–Crippen LogP) is 8.02. The van der Waals surface area contributed by atoms with Crippen molar-refractivity contribution in [2.45, 2.75) is 17.1 Å². The summed E-state index contributed by atoms with van der Waals surface area (Å²) >= 11 is 7.54. The highest BCUT2D eigenvalue weighted by Gasteiger charge is 2.17. The van der Waals surface area contributed by atoms with Gasteiger partial charge in [0.1, 0.15) is 5.70 Å². The van der Waals surface area contributed by atoms with Crippen LogP contribution >= 0.6 is 23.4 Å². The third-order valence-electron chi connectivity index (χ3n) is 6.53. The molecule has 0 fully saturated rings. The van der Waals surface area contributed by atoms with Gasteiger partial charge in [0.05, 0.1) is 5.25 Å². The van der Waals surface area contributed by atoms with Gasteiger partial charge in [-0.1, -0.05) is 78.3 Å². The third kappa shape index (κ3) is 7.92. The molecule has 0 heterocycles. The van der Waals surface area contributed by atoms with Crippen molar-refractivity contribution in [1.82, 2.24) is 5.32 Å². The van der Waals surface area contributed by atoms with E-state index in [1.165, 1.54) is 11.8 Å². The molecule has 1 atom stereocenters. The molecule has 0 aliphatic heterocycles. The molecular formula is C35H28ClN3O3S. The largest absolute Gasteiger partial charge is 0.325 e. The Morgan fingerprint density at radius 3 is 2.23 bits per heavy atom. The van der Waals surface area contributed by atoms with Crippen LogP contribution in [-0.4, -0.2) is 23.0 Å². The Bertz CT molecular complexity index is 1800. The lowest BCUT2D eigenvalue weighted by molar-refractivity contribution is -0.115. The number of amides is 3. The van der Waals surface area contributed by atoms with Crippen LogP contribution in [-0.2, 0) is 9.59 Å². The van der Waals surface area contributed by atoms with E-state index in [4.69, 9.17) is 11.6 Å². The summed E-state index contributed by atoms with van der Waals surface area (Å²) in [4.78, 5) is 40.0. The lowest BCUT2D eigenvalue weighted by Crippen LogP contribution is -2.30. The van der Waals surface area contributed by atoms with Gasteiger partial charge in [0.25, 0.3) is 11.8 Å². The standard InChI is InChI=1S/C35H28ClN3O3S/c1-23(33(40)38-31-16-8-13-25-10-5-6-15-30(25)31)43-29-19-17-28(18-20-29)37-35(42)32(22-24-9-7-14-27(36)21-24)39-34(41)26-11-3-2-4-12-26/h2-23H,1H3,(H,37,42)(H,38,40)(H,39,41)/b32-22-. The molecular weight excluding hydrogens is 578 g/mol. The molecule has 0 bridgehead atoms. The van der Waals surface area contributed by atoms with E-state index < -0.39 is 11.8 Å². The second-order valence-electron chi connectivity index (χ2n) is 9.69. The van der Waals surface area contributed by atoms with Crippen molar-refractivity contribution in [2.24, 2.45) is 0 Å². The van der Waals surface area contributed by atoms with Crippen molar-refractivity contribution in [1.29, 1.82) is 0 Å². The number of hydrogen-bond donors (Lipinski definition) is 3. The van der Waals surface area contributed by atoms with Crippen LogP contribution in [0.3, 0.4) is 0 Å². The highest BCUT2D eigenvalue weighted by Crippen LogP contribution is 2.28. The van der Waals surface area contributed by atoms with Crippen LogP contribution in [0, 0.1) is 0 Å². The summed E-state index contributed by atoms with van der Waals surface area (Å²) in [6, 6.07) is 36.6. The number of fused-ring (bicyclic) bond motifs is 1. The van der Waals surface area contributed by atoms with Gasteiger partial charge in [-0.3, -0.25) is 14.4 Å². The highest BCUT2D eigenvalue weighted by molar-refractivity contribution is 8.00. The number of thioether (sulfide) groups is 1. The van der Waals surface area contributed by atoms with Gasteiger partial charge in [0, 0.05) is 32.2 Å². The summed E-state index contributed by atoms with van der Waals surface area (Å²) in [5, 5.41) is 10.8. The summed E-state index contributed by atoms with van der Waals surface area (Å²) in [6.45, 7) is 1.85. The lowest BCUT2D eigenvalue weighted by Gasteiger charge is -2.14. The van der Waals surface area contributed by atoms with E-state index in [2.05, 4.69) is 16.0 Å². The highest BCUT2D eigenvalue weighted by atomic mass is 35.5. The third-order valence-corrected chi connectivity index (χ3v) is 7.88. The topological polar surface area (TPSA) is 87.3 Å². The quantitative estimate of drug-likeness (QED) is 0.117. The zero-order valence-corrected chi connectivity index (χ0v) is 24.8. The molecule has 0 saturated carbocycles. The molecule has 0 aromatic heterocycles. The van der Waals surface area contributed by atoms with Crippen LogP contribution in [0.5, 0.6) is 0 Å². The monoisotopic (exact) mass is 605 g/mol. The number of rotatable bonds is 9. The summed E-state index contributed by atoms with van der Waals surface area (Å²) in [6.07, 6.45) is 1.57. The Morgan fingerprint density at radius 2 is 1.47 bits per heavy atom. The van der Waals surface area contributed by atoms with Gasteiger partial charge in [0.15, 0.2) is 0 Å². The Morgan fingerprint density at radius 1 is 0.767 bits per heavy atom. The minimum Gasteiger partial charge on any atom is -0.325 e. The van der Waals surface area contributed by atoms with E-state index >= 15 is 0 Å². The van der Waals surface area contributed by atoms with E-state index in [9.17, 15) is 14.4 Å². The number of carbonyl (C=O) groups is 3. The number of benzene rings is 5. The summed E-state index contributed by atoms with van der Waals surface area (Å²) in [5.74, 6) is -1.01. The Kier molecular flexibility index (Phi) is 9.56. The van der Waals surface area contributed by atoms with Crippen LogP contribution in [0.15, 0.2) is 132 Å². The van der Waals surface area contributed by atoms with E-state index in [0.29, 0.717) is 21.8 Å². The molecule has 5 rings (SSSR count). The van der Waals surface area contributed by atoms with Crippen LogP contribution in [0.1, 0.15) is 22.8 Å². The van der Waals surface area contributed by atoms with Crippen molar-refractivity contribution in [3.8, 4) is 0 Å². The first-order valence-corrected chi connectivity index (χ1v) is 14.8. The number of carbonyl (C=O) groups excluding carboxylic acids is 3. The van der Waals surface area contributed by atoms with Crippen molar-refractivity contribution in [2.75, 3.05) is 10.6 Å². The molecule has 8 heteroatoms. The fourth-order valence-electron chi connectivity index (χ4n) is 4.35. The van der Waals surface area contributed by atoms with Gasteiger partial charge in [-0.2, -0.15) is 0 Å². The molecule has 0 radical (unpaired) electrons. The molecule has 0 saturated heterocycles. The maximum absolute atomic E-state index is 13.3. The smallest absolute Gasteiger partial charge is 0.272 e. The molecule has 6 nitrogen and oxygen atoms in total. The van der Waals surface area contributed by atoms with Crippen LogP contribution < -0.4 is 16.0 Å². The fraction of sp³-hybridized carbons (Fsp3) is 0.0571. The van der Waals surface area contributed by atoms with E-state index in [1.54, 1.807) is 66.7 Å². The van der Waals surface area contributed by atoms with E-state index in [-0.39, 0.29) is 16.9 Å². The molecule has 0 spiro atoms. The van der Waals surface area contributed by atoms with Gasteiger partial charge in [-0.25, -0.2) is 0 Å². The number of nitrogens with one attached hydrogen (secondary N) is 3. The maximum Gasteiger partial charge on any atom is 0.272 e. The molecule has 1 unspecified atom stereocenters. The Balaban J connectivity index is 1.25. The Hall–Kier alpha value is -4.85. The van der Waals surface area contributed by atoms with Crippen molar-refractivity contribution >= 4 is 69.3 Å². The summed E-state index contributed by atoms with van der Waals surface area (Å²) in [7, 11) is 0. The molecule has 3 amide bonds. The molecule has 214 valence electrons. The van der Waals surface area contributed by atoms with Crippen LogP contribution in [0.4, 0.5) is 11.4 Å². The normalized spacial score (nSPS) is 11.9. The summed E-state index contributed by atoms with van der Waals surface area (Å²) < 4.78 is 0. The molecule has 0 aliphatic rings. The van der Waals surface area contributed by atoms with Crippen LogP contribution in [0.2, 0.25) is 5.02 Å². The van der Waals surface area contributed by atoms with Crippen molar-refractivity contribution in [3.63, 3.8) is 0 Å². The van der Waals surface area contributed by atoms with Crippen molar-refractivity contribution in [3.05, 3.63) is 143 Å². The average Bonchev–Trinajstić information content (AvgIpc) is 3.02. The van der Waals surface area contributed by atoms with Gasteiger partial charge in [-0.15, -0.1) is 11.8 Å². The van der Waals surface area contributed by atoms with Crippen molar-refractivity contribution < 1.29 is 14.4 Å². The fourth-order valence-corrected chi connectivity index (χ4v) is 5.41. The van der Waals surface area contributed by atoms with E-state index in [0.717, 1.165) is 21.4 Å². The van der Waals surface area contributed by atoms with Gasteiger partial charge in [0.2, 0.25) is 5.91 Å². The number of anilines is 2. The maximum atomic E-state index is 13.3. The second-order valence-corrected chi connectivity index (χ2v) is 11.5. The molecule has 5 aromatic rings. The number of hydrogen-bond acceptors (Lipinski definition) is 4. The minimum atomic E-state index is -0.493. The van der Waals surface area contributed by atoms with Gasteiger partial charge < -0.3 is 16.0 Å². The SMILES string of the molecule is CC(Sc1ccc(NC(=O)/C(=C/c2cccc(Cl)c2)NC(=O)c2ccccc2)cc1)C(=O)Nc1cccc2ccccc12. The average molecular weight is 606 g/mol. The lowest BCUT2D eigenvalue weighted by atomic mass is 10.1. The molecule has 0 aliphatic carbocycles. The first-order valence-electron chi connectivity index (χ1n) is 13.6. The van der Waals surface area contributed by atoms with Crippen LogP contribution in [0.25, 0.3) is 16.8 Å². The summed E-state index contributed by atoms with van der Waals surface area (Å²) in [5.41, 5.74) is 2.46.